The molecule has 160 valence electrons. The first-order chi connectivity index (χ1) is 14.0. The summed E-state index contributed by atoms with van der Waals surface area (Å²) in [4.78, 5) is 20.9. The number of halogens is 1. The molecule has 1 aromatic carbocycles. The molecule has 3 aromatic rings. The lowest BCUT2D eigenvalue weighted by Crippen LogP contribution is -2.36. The predicted octanol–water partition coefficient (Wildman–Crippen LogP) is 3.30. The molecule has 0 saturated carbocycles. The number of benzene rings is 1. The Morgan fingerprint density at radius 3 is 2.53 bits per heavy atom. The van der Waals surface area contributed by atoms with E-state index in [4.69, 9.17) is 8.83 Å². The van der Waals surface area contributed by atoms with Gasteiger partial charge in [0.05, 0.1) is 25.0 Å². The van der Waals surface area contributed by atoms with Crippen LogP contribution in [0, 0.1) is 13.8 Å². The number of nitrogens with one attached hydrogen (secondary N) is 3. The van der Waals surface area contributed by atoms with Crippen molar-refractivity contribution in [3.8, 4) is 0 Å². The third kappa shape index (κ3) is 6.61. The molecule has 3 rings (SSSR count). The van der Waals surface area contributed by atoms with Crippen molar-refractivity contribution >= 4 is 35.8 Å². The molecular weight excluding hydrogens is 497 g/mol. The Hall–Kier alpha value is -2.82. The minimum atomic E-state index is -0.152. The van der Waals surface area contributed by atoms with E-state index in [-0.39, 0.29) is 29.9 Å². The van der Waals surface area contributed by atoms with Crippen molar-refractivity contribution in [3.05, 3.63) is 76.9 Å². The van der Waals surface area contributed by atoms with E-state index in [1.54, 1.807) is 25.4 Å². The van der Waals surface area contributed by atoms with Crippen molar-refractivity contribution in [1.29, 1.82) is 0 Å². The average molecular weight is 523 g/mol. The number of nitrogens with zero attached hydrogens (tertiary/aromatic N) is 2. The topological polar surface area (TPSA) is 105 Å². The molecule has 0 saturated heterocycles. The van der Waals surface area contributed by atoms with Crippen molar-refractivity contribution < 1.29 is 13.6 Å². The first kappa shape index (κ1) is 23.5. The second kappa shape index (κ2) is 11.4. The largest absolute Gasteiger partial charge is 0.467 e. The number of carbonyl (C=O) groups excluding carboxylic acids is 1. The summed E-state index contributed by atoms with van der Waals surface area (Å²) in [5, 5.41) is 9.23. The van der Waals surface area contributed by atoms with Gasteiger partial charge in [0.1, 0.15) is 11.5 Å². The van der Waals surface area contributed by atoms with Gasteiger partial charge in [0.15, 0.2) is 5.96 Å². The van der Waals surface area contributed by atoms with Crippen LogP contribution in [-0.2, 0) is 19.6 Å². The maximum atomic E-state index is 12.3. The van der Waals surface area contributed by atoms with E-state index in [0.717, 1.165) is 17.0 Å². The molecule has 0 bridgehead atoms. The first-order valence-corrected chi connectivity index (χ1v) is 9.32. The third-order valence-electron chi connectivity index (χ3n) is 4.36. The fraction of sp³-hybridized carbons (Fsp3) is 0.286. The lowest BCUT2D eigenvalue weighted by atomic mass is 10.1. The second-order valence-corrected chi connectivity index (χ2v) is 6.49. The highest BCUT2D eigenvalue weighted by Gasteiger charge is 2.09. The van der Waals surface area contributed by atoms with Crippen LogP contribution in [0.3, 0.4) is 0 Å². The van der Waals surface area contributed by atoms with Gasteiger partial charge in [0, 0.05) is 19.2 Å². The van der Waals surface area contributed by atoms with Crippen LogP contribution in [0.5, 0.6) is 0 Å². The molecule has 0 radical (unpaired) electrons. The van der Waals surface area contributed by atoms with Gasteiger partial charge in [-0.2, -0.15) is 0 Å². The minimum Gasteiger partial charge on any atom is -0.467 e. The predicted molar refractivity (Wildman–Crippen MR) is 125 cm³/mol. The molecule has 0 aliphatic heterocycles. The van der Waals surface area contributed by atoms with Gasteiger partial charge in [-0.1, -0.05) is 12.1 Å². The van der Waals surface area contributed by atoms with Crippen LogP contribution in [0.4, 0.5) is 0 Å². The summed E-state index contributed by atoms with van der Waals surface area (Å²) in [5.74, 6) is 2.60. The zero-order chi connectivity index (χ0) is 20.6. The van der Waals surface area contributed by atoms with E-state index >= 15 is 0 Å². The summed E-state index contributed by atoms with van der Waals surface area (Å²) in [5.41, 5.74) is 2.43. The van der Waals surface area contributed by atoms with Gasteiger partial charge in [-0.15, -0.1) is 24.0 Å². The fourth-order valence-corrected chi connectivity index (χ4v) is 2.69. The number of oxazole rings is 1. The zero-order valence-electron chi connectivity index (χ0n) is 17.2. The van der Waals surface area contributed by atoms with Crippen LogP contribution in [0.25, 0.3) is 0 Å². The third-order valence-corrected chi connectivity index (χ3v) is 4.36. The van der Waals surface area contributed by atoms with Crippen molar-refractivity contribution in [2.24, 2.45) is 4.99 Å². The number of carbonyl (C=O) groups is 1. The average Bonchev–Trinajstić information content (AvgIpc) is 3.36. The summed E-state index contributed by atoms with van der Waals surface area (Å²) in [7, 11) is 1.69. The molecule has 0 spiro atoms. The Balaban J connectivity index is 0.00000320. The number of aliphatic imine (C=N–C) groups is 1. The van der Waals surface area contributed by atoms with Crippen LogP contribution in [0.1, 0.15) is 39.0 Å². The SMILES string of the molecule is CN=C(NCc1cccc(C(=O)NCc2ccco2)c1)NCc1nc(C)c(C)o1.I. The number of hydrogen-bond acceptors (Lipinski definition) is 5. The molecular formula is C21H26IN5O3. The van der Waals surface area contributed by atoms with Gasteiger partial charge in [0.2, 0.25) is 5.89 Å². The molecule has 2 heterocycles. The van der Waals surface area contributed by atoms with Gasteiger partial charge < -0.3 is 24.8 Å². The molecule has 30 heavy (non-hydrogen) atoms. The number of hydrogen-bond donors (Lipinski definition) is 3. The van der Waals surface area contributed by atoms with Crippen LogP contribution in [-0.4, -0.2) is 23.9 Å². The lowest BCUT2D eigenvalue weighted by molar-refractivity contribution is 0.0948. The highest BCUT2D eigenvalue weighted by atomic mass is 127. The number of guanidine groups is 1. The van der Waals surface area contributed by atoms with E-state index in [1.807, 2.05) is 38.1 Å². The van der Waals surface area contributed by atoms with Gasteiger partial charge >= 0.3 is 0 Å². The number of furan rings is 1. The van der Waals surface area contributed by atoms with E-state index in [0.29, 0.717) is 42.8 Å². The minimum absolute atomic E-state index is 0. The molecule has 0 aliphatic carbocycles. The van der Waals surface area contributed by atoms with Gasteiger partial charge in [-0.05, 0) is 43.7 Å². The normalized spacial score (nSPS) is 11.0. The summed E-state index contributed by atoms with van der Waals surface area (Å²) < 4.78 is 10.8. The molecule has 2 aromatic heterocycles. The van der Waals surface area contributed by atoms with Crippen molar-refractivity contribution in [3.63, 3.8) is 0 Å². The Bertz CT molecular complexity index is 963. The molecule has 9 heteroatoms. The van der Waals surface area contributed by atoms with E-state index in [1.165, 1.54) is 0 Å². The summed E-state index contributed by atoms with van der Waals surface area (Å²) in [6.45, 7) is 5.10. The van der Waals surface area contributed by atoms with Crippen LogP contribution >= 0.6 is 24.0 Å². The Kier molecular flexibility index (Phi) is 8.90. The standard InChI is InChI=1S/C21H25N5O3.HI/c1-14-15(2)29-19(26-14)13-25-21(22-3)24-11-16-6-4-7-17(10-16)20(27)23-12-18-8-5-9-28-18;/h4-10H,11-13H2,1-3H3,(H,23,27)(H2,22,24,25);1H. The maximum Gasteiger partial charge on any atom is 0.251 e. The van der Waals surface area contributed by atoms with Crippen molar-refractivity contribution in [1.82, 2.24) is 20.9 Å². The number of aryl methyl sites for hydroxylation is 2. The number of aromatic nitrogens is 1. The zero-order valence-corrected chi connectivity index (χ0v) is 19.5. The lowest BCUT2D eigenvalue weighted by Gasteiger charge is -2.11. The van der Waals surface area contributed by atoms with Gasteiger partial charge in [-0.3, -0.25) is 9.79 Å². The highest BCUT2D eigenvalue weighted by Crippen LogP contribution is 2.08. The van der Waals surface area contributed by atoms with Crippen molar-refractivity contribution in [2.45, 2.75) is 33.5 Å². The summed E-state index contributed by atoms with van der Waals surface area (Å²) in [6, 6.07) is 11.0. The molecule has 0 atom stereocenters. The van der Waals surface area contributed by atoms with E-state index < -0.39 is 0 Å². The Labute approximate surface area is 192 Å². The molecule has 3 N–H and O–H groups in total. The molecule has 0 aliphatic rings. The molecule has 1 amide bonds. The molecule has 0 unspecified atom stereocenters. The van der Waals surface area contributed by atoms with Gasteiger partial charge in [0.25, 0.3) is 5.91 Å². The van der Waals surface area contributed by atoms with E-state index in [9.17, 15) is 4.79 Å². The second-order valence-electron chi connectivity index (χ2n) is 6.49. The molecule has 8 nitrogen and oxygen atoms in total. The first-order valence-electron chi connectivity index (χ1n) is 9.32. The van der Waals surface area contributed by atoms with Crippen LogP contribution < -0.4 is 16.0 Å². The Morgan fingerprint density at radius 2 is 1.87 bits per heavy atom. The number of amides is 1. The smallest absolute Gasteiger partial charge is 0.251 e. The van der Waals surface area contributed by atoms with Crippen LogP contribution in [0.15, 0.2) is 56.5 Å². The fourth-order valence-electron chi connectivity index (χ4n) is 2.69. The van der Waals surface area contributed by atoms with Crippen molar-refractivity contribution in [2.75, 3.05) is 7.05 Å². The van der Waals surface area contributed by atoms with E-state index in [2.05, 4.69) is 25.9 Å². The molecule has 0 fully saturated rings. The summed E-state index contributed by atoms with van der Waals surface area (Å²) in [6.07, 6.45) is 1.58. The quantitative estimate of drug-likeness (QED) is 0.250. The van der Waals surface area contributed by atoms with Crippen LogP contribution in [0.2, 0.25) is 0 Å². The summed E-state index contributed by atoms with van der Waals surface area (Å²) >= 11 is 0. The Morgan fingerprint density at radius 1 is 1.07 bits per heavy atom. The maximum absolute atomic E-state index is 12.3. The monoisotopic (exact) mass is 523 g/mol. The van der Waals surface area contributed by atoms with Gasteiger partial charge in [-0.25, -0.2) is 4.98 Å². The number of rotatable bonds is 7. The highest BCUT2D eigenvalue weighted by molar-refractivity contribution is 14.0.